The molecule has 6 heteroatoms. The number of carbonyl (C=O) groups excluding carboxylic acids is 2. The van der Waals surface area contributed by atoms with Crippen LogP contribution in [0.5, 0.6) is 11.5 Å². The fraction of sp³-hybridized carbons (Fsp3) is 0.222. The van der Waals surface area contributed by atoms with Crippen LogP contribution in [0.2, 0.25) is 0 Å². The Morgan fingerprint density at radius 3 is 2.33 bits per heavy atom. The summed E-state index contributed by atoms with van der Waals surface area (Å²) in [6, 6.07) is 16.8. The molecule has 0 bridgehead atoms. The minimum atomic E-state index is -0.998. The van der Waals surface area contributed by atoms with Gasteiger partial charge in [0.05, 0.1) is 6.54 Å². The minimum Gasteiger partial charge on any atom is -0.457 e. The zero-order chi connectivity index (χ0) is 17.2. The summed E-state index contributed by atoms with van der Waals surface area (Å²) < 4.78 is 4.73. The summed E-state index contributed by atoms with van der Waals surface area (Å²) in [5.41, 5.74) is 6.81. The summed E-state index contributed by atoms with van der Waals surface area (Å²) in [7, 11) is 0. The van der Waals surface area contributed by atoms with Gasteiger partial charge in [-0.2, -0.15) is 0 Å². The molecule has 1 fully saturated rings. The van der Waals surface area contributed by atoms with Gasteiger partial charge in [0.2, 0.25) is 5.91 Å². The number of para-hydroxylation sites is 1. The van der Waals surface area contributed by atoms with Gasteiger partial charge < -0.3 is 10.5 Å². The fourth-order valence-electron chi connectivity index (χ4n) is 2.50. The molecule has 1 unspecified atom stereocenters. The molecule has 1 atom stereocenters. The van der Waals surface area contributed by atoms with Gasteiger partial charge in [-0.25, -0.2) is 0 Å². The zero-order valence-electron chi connectivity index (χ0n) is 12.9. The van der Waals surface area contributed by atoms with E-state index in [1.807, 2.05) is 77.2 Å². The number of nitrogens with zero attached hydrogens (tertiary/aromatic N) is 1. The van der Waals surface area contributed by atoms with Crippen LogP contribution in [0.25, 0.3) is 0 Å². The van der Waals surface area contributed by atoms with Crippen LogP contribution in [0.1, 0.15) is 18.4 Å². The number of carbonyl (C=O) groups is 2. The molecule has 2 N–H and O–H groups in total. The van der Waals surface area contributed by atoms with E-state index in [1.54, 1.807) is 0 Å². The van der Waals surface area contributed by atoms with Crippen molar-refractivity contribution in [2.45, 2.75) is 22.9 Å². The normalized spacial score (nSPS) is 21.0. The van der Waals surface area contributed by atoms with Crippen LogP contribution in [0.15, 0.2) is 54.6 Å². The molecular weight excluding hydrogens is 419 g/mol. The van der Waals surface area contributed by atoms with Gasteiger partial charge in [-0.15, -0.1) is 0 Å². The summed E-state index contributed by atoms with van der Waals surface area (Å²) in [4.78, 5) is 25.6. The van der Waals surface area contributed by atoms with Crippen molar-refractivity contribution in [2.75, 3.05) is 0 Å². The standard InChI is InChI=1S/C18H17IN2O3/c19-18(20)11-10-16(22)21(17(18)23)12-13-6-8-15(9-7-13)24-14-4-2-1-3-5-14/h1-9H,10-12,20H2. The number of rotatable bonds is 4. The molecule has 0 aliphatic carbocycles. The van der Waals surface area contributed by atoms with Gasteiger partial charge in [0.1, 0.15) is 15.0 Å². The summed E-state index contributed by atoms with van der Waals surface area (Å²) in [5.74, 6) is 0.944. The van der Waals surface area contributed by atoms with E-state index in [9.17, 15) is 9.59 Å². The van der Waals surface area contributed by atoms with Crippen molar-refractivity contribution in [2.24, 2.45) is 5.73 Å². The van der Waals surface area contributed by atoms with Crippen molar-refractivity contribution in [3.05, 3.63) is 60.2 Å². The van der Waals surface area contributed by atoms with Crippen molar-refractivity contribution in [3.63, 3.8) is 0 Å². The van der Waals surface area contributed by atoms with E-state index >= 15 is 0 Å². The highest BCUT2D eigenvalue weighted by molar-refractivity contribution is 14.1. The molecule has 2 aromatic rings. The number of halogens is 1. The van der Waals surface area contributed by atoms with Crippen LogP contribution >= 0.6 is 22.6 Å². The van der Waals surface area contributed by atoms with E-state index in [0.29, 0.717) is 18.6 Å². The van der Waals surface area contributed by atoms with Crippen molar-refractivity contribution < 1.29 is 14.3 Å². The highest BCUT2D eigenvalue weighted by Crippen LogP contribution is 2.29. The number of piperidine rings is 1. The van der Waals surface area contributed by atoms with Crippen LogP contribution in [-0.4, -0.2) is 20.3 Å². The molecule has 2 amide bonds. The summed E-state index contributed by atoms with van der Waals surface area (Å²) >= 11 is 1.92. The van der Waals surface area contributed by atoms with Crippen LogP contribution < -0.4 is 10.5 Å². The van der Waals surface area contributed by atoms with E-state index in [4.69, 9.17) is 10.5 Å². The predicted octanol–water partition coefficient (Wildman–Crippen LogP) is 3.22. The fourth-order valence-corrected chi connectivity index (χ4v) is 3.06. The van der Waals surface area contributed by atoms with Crippen LogP contribution in [0, 0.1) is 0 Å². The van der Waals surface area contributed by atoms with Crippen LogP contribution in [0.4, 0.5) is 0 Å². The molecule has 2 aromatic carbocycles. The maximum Gasteiger partial charge on any atom is 0.259 e. The Labute approximate surface area is 153 Å². The maximum atomic E-state index is 12.3. The van der Waals surface area contributed by atoms with Gasteiger partial charge in [-0.3, -0.25) is 14.5 Å². The summed E-state index contributed by atoms with van der Waals surface area (Å²) in [6.45, 7) is 0.227. The number of ether oxygens (including phenoxy) is 1. The second kappa shape index (κ2) is 6.90. The number of alkyl halides is 1. The Kier molecular flexibility index (Phi) is 4.86. The average Bonchev–Trinajstić information content (AvgIpc) is 2.58. The van der Waals surface area contributed by atoms with Gasteiger partial charge in [0.15, 0.2) is 0 Å². The molecule has 0 saturated carbocycles. The highest BCUT2D eigenvalue weighted by Gasteiger charge is 2.42. The molecule has 1 saturated heterocycles. The minimum absolute atomic E-state index is 0.178. The molecule has 24 heavy (non-hydrogen) atoms. The highest BCUT2D eigenvalue weighted by atomic mass is 127. The van der Waals surface area contributed by atoms with Gasteiger partial charge in [-0.1, -0.05) is 52.9 Å². The van der Waals surface area contributed by atoms with E-state index in [1.165, 1.54) is 4.90 Å². The largest absolute Gasteiger partial charge is 0.457 e. The second-order valence-corrected chi connectivity index (χ2v) is 7.63. The quantitative estimate of drug-likeness (QED) is 0.346. The number of hydrogen-bond acceptors (Lipinski definition) is 4. The van der Waals surface area contributed by atoms with E-state index in [-0.39, 0.29) is 18.4 Å². The van der Waals surface area contributed by atoms with Crippen LogP contribution in [-0.2, 0) is 16.1 Å². The first-order chi connectivity index (χ1) is 11.5. The zero-order valence-corrected chi connectivity index (χ0v) is 15.1. The van der Waals surface area contributed by atoms with Crippen molar-refractivity contribution in [1.82, 2.24) is 4.90 Å². The van der Waals surface area contributed by atoms with Gasteiger partial charge >= 0.3 is 0 Å². The summed E-state index contributed by atoms with van der Waals surface area (Å²) in [6.07, 6.45) is 0.673. The monoisotopic (exact) mass is 436 g/mol. The summed E-state index contributed by atoms with van der Waals surface area (Å²) in [5, 5.41) is 0. The predicted molar refractivity (Wildman–Crippen MR) is 98.7 cm³/mol. The first kappa shape index (κ1) is 16.9. The third-order valence-corrected chi connectivity index (χ3v) is 4.85. The second-order valence-electron chi connectivity index (χ2n) is 5.71. The lowest BCUT2D eigenvalue weighted by Gasteiger charge is -2.34. The third-order valence-electron chi connectivity index (χ3n) is 3.85. The number of nitrogens with two attached hydrogens (primary N) is 1. The number of amides is 2. The Hall–Kier alpha value is -1.93. The smallest absolute Gasteiger partial charge is 0.259 e. The Morgan fingerprint density at radius 1 is 1.04 bits per heavy atom. The number of imide groups is 1. The van der Waals surface area contributed by atoms with Crippen molar-refractivity contribution >= 4 is 34.4 Å². The lowest BCUT2D eigenvalue weighted by Crippen LogP contribution is -2.56. The first-order valence-electron chi connectivity index (χ1n) is 7.60. The Bertz CT molecular complexity index is 745. The van der Waals surface area contributed by atoms with E-state index in [0.717, 1.165) is 11.3 Å². The SMILES string of the molecule is NC1(I)CCC(=O)N(Cc2ccc(Oc3ccccc3)cc2)C1=O. The van der Waals surface area contributed by atoms with Crippen molar-refractivity contribution in [3.8, 4) is 11.5 Å². The number of benzene rings is 2. The number of hydrogen-bond donors (Lipinski definition) is 1. The van der Waals surface area contributed by atoms with E-state index in [2.05, 4.69) is 0 Å². The first-order valence-corrected chi connectivity index (χ1v) is 8.68. The van der Waals surface area contributed by atoms with Gasteiger partial charge in [0, 0.05) is 6.42 Å². The average molecular weight is 436 g/mol. The molecule has 1 aliphatic heterocycles. The molecule has 0 radical (unpaired) electrons. The lowest BCUT2D eigenvalue weighted by atomic mass is 10.0. The maximum absolute atomic E-state index is 12.3. The number of likely N-dealkylation sites (tertiary alicyclic amines) is 1. The molecule has 5 nitrogen and oxygen atoms in total. The van der Waals surface area contributed by atoms with Gasteiger partial charge in [-0.05, 0) is 36.2 Å². The van der Waals surface area contributed by atoms with Crippen molar-refractivity contribution in [1.29, 1.82) is 0 Å². The Balaban J connectivity index is 1.70. The molecule has 0 aromatic heterocycles. The van der Waals surface area contributed by atoms with Crippen LogP contribution in [0.3, 0.4) is 0 Å². The van der Waals surface area contributed by atoms with E-state index < -0.39 is 3.55 Å². The van der Waals surface area contributed by atoms with Gasteiger partial charge in [0.25, 0.3) is 5.91 Å². The molecule has 1 heterocycles. The lowest BCUT2D eigenvalue weighted by molar-refractivity contribution is -0.150. The molecule has 1 aliphatic rings. The molecular formula is C18H17IN2O3. The molecule has 3 rings (SSSR count). The molecule has 124 valence electrons. The Morgan fingerprint density at radius 2 is 1.67 bits per heavy atom. The molecule has 0 spiro atoms. The topological polar surface area (TPSA) is 72.6 Å². The third kappa shape index (κ3) is 3.76.